The van der Waals surface area contributed by atoms with Crippen molar-refractivity contribution in [3.63, 3.8) is 0 Å². The van der Waals surface area contributed by atoms with E-state index in [2.05, 4.69) is 4.99 Å². The van der Waals surface area contributed by atoms with Crippen LogP contribution in [0, 0.1) is 0 Å². The maximum absolute atomic E-state index is 10.0. The van der Waals surface area contributed by atoms with E-state index in [4.69, 9.17) is 0 Å². The van der Waals surface area contributed by atoms with Gasteiger partial charge in [-0.3, -0.25) is 4.99 Å². The van der Waals surface area contributed by atoms with Crippen LogP contribution >= 0.6 is 0 Å². The van der Waals surface area contributed by atoms with E-state index in [1.165, 1.54) is 0 Å². The minimum Gasteiger partial charge on any atom is -0.508 e. The first-order valence-electron chi connectivity index (χ1n) is 6.28. The van der Waals surface area contributed by atoms with Crippen LogP contribution in [0.4, 0.5) is 5.69 Å². The van der Waals surface area contributed by atoms with Crippen LogP contribution in [0.5, 0.6) is 11.5 Å². The fourth-order valence-corrected chi connectivity index (χ4v) is 2.13. The smallest absolute Gasteiger partial charge is 0.124 e. The Bertz CT molecular complexity index is 794. The lowest BCUT2D eigenvalue weighted by Gasteiger charge is -2.04. The molecule has 0 fully saturated rings. The number of aromatic hydroxyl groups is 2. The third kappa shape index (κ3) is 2.34. The maximum atomic E-state index is 10.0. The summed E-state index contributed by atoms with van der Waals surface area (Å²) in [6.45, 7) is 0. The second-order valence-corrected chi connectivity index (χ2v) is 4.50. The quantitative estimate of drug-likeness (QED) is 0.686. The van der Waals surface area contributed by atoms with Gasteiger partial charge in [0.2, 0.25) is 0 Å². The average molecular weight is 263 g/mol. The van der Waals surface area contributed by atoms with Crippen LogP contribution in [0.2, 0.25) is 0 Å². The molecule has 0 aliphatic rings. The van der Waals surface area contributed by atoms with E-state index < -0.39 is 0 Å². The highest BCUT2D eigenvalue weighted by atomic mass is 16.3. The number of hydrogen-bond acceptors (Lipinski definition) is 3. The number of nitrogens with zero attached hydrogens (tertiary/aromatic N) is 1. The van der Waals surface area contributed by atoms with E-state index in [1.54, 1.807) is 36.5 Å². The van der Waals surface area contributed by atoms with Crippen molar-refractivity contribution < 1.29 is 10.2 Å². The Morgan fingerprint density at radius 2 is 1.70 bits per heavy atom. The van der Waals surface area contributed by atoms with Crippen molar-refractivity contribution in [3.8, 4) is 11.5 Å². The summed E-state index contributed by atoms with van der Waals surface area (Å²) in [5.41, 5.74) is 1.31. The molecule has 3 nitrogen and oxygen atoms in total. The van der Waals surface area contributed by atoms with Crippen molar-refractivity contribution in [2.75, 3.05) is 0 Å². The molecule has 0 radical (unpaired) electrons. The van der Waals surface area contributed by atoms with Crippen molar-refractivity contribution in [2.24, 2.45) is 4.99 Å². The summed E-state index contributed by atoms with van der Waals surface area (Å²) in [6, 6.07) is 18.0. The lowest BCUT2D eigenvalue weighted by Crippen LogP contribution is -1.85. The molecule has 3 heteroatoms. The highest BCUT2D eigenvalue weighted by molar-refractivity contribution is 6.02. The summed E-state index contributed by atoms with van der Waals surface area (Å²) in [7, 11) is 0. The van der Waals surface area contributed by atoms with Crippen molar-refractivity contribution in [1.29, 1.82) is 0 Å². The molecule has 0 spiro atoms. The molecule has 0 aliphatic carbocycles. The van der Waals surface area contributed by atoms with Gasteiger partial charge in [-0.15, -0.1) is 0 Å². The van der Waals surface area contributed by atoms with E-state index in [9.17, 15) is 10.2 Å². The van der Waals surface area contributed by atoms with Crippen LogP contribution in [0.3, 0.4) is 0 Å². The summed E-state index contributed by atoms with van der Waals surface area (Å²) in [5.74, 6) is 0.356. The lowest BCUT2D eigenvalue weighted by atomic mass is 10.0. The molecule has 0 bridgehead atoms. The summed E-state index contributed by atoms with van der Waals surface area (Å²) < 4.78 is 0. The number of phenols is 2. The van der Waals surface area contributed by atoms with E-state index in [0.29, 0.717) is 11.3 Å². The molecule has 98 valence electrons. The van der Waals surface area contributed by atoms with Gasteiger partial charge in [0.05, 0.1) is 5.69 Å². The molecule has 3 aromatic rings. The zero-order chi connectivity index (χ0) is 13.9. The Balaban J connectivity index is 2.08. The van der Waals surface area contributed by atoms with Crippen LogP contribution in [-0.4, -0.2) is 16.4 Å². The van der Waals surface area contributed by atoms with Crippen molar-refractivity contribution in [3.05, 3.63) is 66.2 Å². The van der Waals surface area contributed by atoms with Gasteiger partial charge in [-0.1, -0.05) is 36.4 Å². The third-order valence-electron chi connectivity index (χ3n) is 3.12. The minimum absolute atomic E-state index is 0.168. The van der Waals surface area contributed by atoms with Crippen LogP contribution in [0.1, 0.15) is 5.56 Å². The first-order valence-corrected chi connectivity index (χ1v) is 6.28. The number of rotatable bonds is 2. The van der Waals surface area contributed by atoms with Crippen LogP contribution in [-0.2, 0) is 0 Å². The number of aliphatic imine (C=N–C) groups is 1. The average Bonchev–Trinajstić information content (AvgIpc) is 2.46. The Hall–Kier alpha value is -2.81. The molecule has 0 aliphatic heterocycles. The summed E-state index contributed by atoms with van der Waals surface area (Å²) in [4.78, 5) is 4.30. The summed E-state index contributed by atoms with van der Waals surface area (Å²) in [5, 5.41) is 21.4. The molecule has 0 saturated heterocycles. The second kappa shape index (κ2) is 5.05. The minimum atomic E-state index is 0.168. The fraction of sp³-hybridized carbons (Fsp3) is 0. The topological polar surface area (TPSA) is 52.8 Å². The highest BCUT2D eigenvalue weighted by Gasteiger charge is 2.04. The van der Waals surface area contributed by atoms with Gasteiger partial charge in [0, 0.05) is 17.8 Å². The number of phenolic OH excluding ortho intramolecular Hbond substituents is 2. The van der Waals surface area contributed by atoms with Gasteiger partial charge in [0.15, 0.2) is 0 Å². The van der Waals surface area contributed by atoms with Crippen LogP contribution < -0.4 is 0 Å². The van der Waals surface area contributed by atoms with Gasteiger partial charge in [0.1, 0.15) is 11.5 Å². The SMILES string of the molecule is Oc1cccc(/N=C/c2c(O)ccc3ccccc23)c1. The van der Waals surface area contributed by atoms with Gasteiger partial charge in [-0.25, -0.2) is 0 Å². The molecular formula is C17H13NO2. The Morgan fingerprint density at radius 1 is 0.850 bits per heavy atom. The fourth-order valence-electron chi connectivity index (χ4n) is 2.13. The zero-order valence-corrected chi connectivity index (χ0v) is 10.7. The van der Waals surface area contributed by atoms with Crippen LogP contribution in [0.25, 0.3) is 10.8 Å². The molecule has 20 heavy (non-hydrogen) atoms. The standard InChI is InChI=1S/C17H13NO2/c19-14-6-3-5-13(10-14)18-11-16-15-7-2-1-4-12(15)8-9-17(16)20/h1-11,19-20H/b18-11+. The van der Waals surface area contributed by atoms with Crippen molar-refractivity contribution in [1.82, 2.24) is 0 Å². The van der Waals surface area contributed by atoms with Crippen molar-refractivity contribution >= 4 is 22.7 Å². The van der Waals surface area contributed by atoms with E-state index in [0.717, 1.165) is 10.8 Å². The largest absolute Gasteiger partial charge is 0.508 e. The van der Waals surface area contributed by atoms with Crippen molar-refractivity contribution in [2.45, 2.75) is 0 Å². The number of hydrogen-bond donors (Lipinski definition) is 2. The first kappa shape index (κ1) is 12.2. The molecule has 0 unspecified atom stereocenters. The molecule has 2 N–H and O–H groups in total. The van der Waals surface area contributed by atoms with E-state index in [1.807, 2.05) is 30.3 Å². The Morgan fingerprint density at radius 3 is 2.55 bits per heavy atom. The van der Waals surface area contributed by atoms with Gasteiger partial charge >= 0.3 is 0 Å². The van der Waals surface area contributed by atoms with E-state index >= 15 is 0 Å². The summed E-state index contributed by atoms with van der Waals surface area (Å²) in [6.07, 6.45) is 1.62. The Kier molecular flexibility index (Phi) is 3.09. The number of fused-ring (bicyclic) bond motifs is 1. The van der Waals surface area contributed by atoms with Gasteiger partial charge in [0.25, 0.3) is 0 Å². The summed E-state index contributed by atoms with van der Waals surface area (Å²) >= 11 is 0. The zero-order valence-electron chi connectivity index (χ0n) is 10.7. The van der Waals surface area contributed by atoms with Gasteiger partial charge < -0.3 is 10.2 Å². The first-order chi connectivity index (χ1) is 9.74. The normalized spacial score (nSPS) is 11.2. The molecule has 0 aromatic heterocycles. The lowest BCUT2D eigenvalue weighted by molar-refractivity contribution is 0.475. The molecule has 3 aromatic carbocycles. The molecule has 0 saturated carbocycles. The third-order valence-corrected chi connectivity index (χ3v) is 3.12. The predicted molar refractivity (Wildman–Crippen MR) is 81.0 cm³/mol. The Labute approximate surface area is 116 Å². The molecule has 0 heterocycles. The molecular weight excluding hydrogens is 250 g/mol. The molecule has 0 amide bonds. The highest BCUT2D eigenvalue weighted by Crippen LogP contribution is 2.26. The number of benzene rings is 3. The van der Waals surface area contributed by atoms with E-state index in [-0.39, 0.29) is 11.5 Å². The molecule has 0 atom stereocenters. The monoisotopic (exact) mass is 263 g/mol. The maximum Gasteiger partial charge on any atom is 0.124 e. The second-order valence-electron chi connectivity index (χ2n) is 4.50. The molecule has 3 rings (SSSR count). The predicted octanol–water partition coefficient (Wildman–Crippen LogP) is 4.00. The van der Waals surface area contributed by atoms with Gasteiger partial charge in [-0.2, -0.15) is 0 Å². The van der Waals surface area contributed by atoms with Crippen LogP contribution in [0.15, 0.2) is 65.7 Å². The van der Waals surface area contributed by atoms with Gasteiger partial charge in [-0.05, 0) is 29.0 Å².